The van der Waals surface area contributed by atoms with Gasteiger partial charge in [-0.2, -0.15) is 23.5 Å². The number of carboxylic acids is 1. The van der Waals surface area contributed by atoms with Crippen molar-refractivity contribution in [3.63, 3.8) is 0 Å². The number of rotatable bonds is 19. The minimum atomic E-state index is -1.18. The number of carbonyl (C=O) groups is 4. The van der Waals surface area contributed by atoms with Gasteiger partial charge in [-0.15, -0.1) is 0 Å². The van der Waals surface area contributed by atoms with Crippen LogP contribution in [0.5, 0.6) is 5.75 Å². The van der Waals surface area contributed by atoms with E-state index in [0.29, 0.717) is 17.9 Å². The molecule has 0 saturated carbocycles. The number of phenols is 1. The fourth-order valence-electron chi connectivity index (χ4n) is 3.57. The summed E-state index contributed by atoms with van der Waals surface area (Å²) in [7, 11) is 0. The number of hydrogen-bond donors (Lipinski definition) is 8. The molecule has 0 saturated heterocycles. The summed E-state index contributed by atoms with van der Waals surface area (Å²) in [6, 6.07) is 2.13. The topological polar surface area (TPSA) is 235 Å². The SMILES string of the molecule is CSCCC(NC(=O)C(CCCN=C(N)N)NC(=O)C(CCSC)NC(=O)C(N)Cc1ccc(O)cc1)C(=O)O. The minimum absolute atomic E-state index is 0.0893. The molecule has 0 radical (unpaired) electrons. The lowest BCUT2D eigenvalue weighted by molar-refractivity contribution is -0.142. The molecule has 0 spiro atoms. The van der Waals surface area contributed by atoms with E-state index < -0.39 is 47.9 Å². The second kappa shape index (κ2) is 19.0. The van der Waals surface area contributed by atoms with Crippen LogP contribution in [-0.4, -0.2) is 94.6 Å². The lowest BCUT2D eigenvalue weighted by Crippen LogP contribution is -2.57. The van der Waals surface area contributed by atoms with Gasteiger partial charge in [0.05, 0.1) is 6.04 Å². The van der Waals surface area contributed by atoms with Gasteiger partial charge in [0.2, 0.25) is 17.7 Å². The first-order valence-electron chi connectivity index (χ1n) is 12.7. The predicted molar refractivity (Wildman–Crippen MR) is 159 cm³/mol. The lowest BCUT2D eigenvalue weighted by Gasteiger charge is -2.25. The van der Waals surface area contributed by atoms with Crippen molar-refractivity contribution in [3.8, 4) is 5.75 Å². The molecule has 11 N–H and O–H groups in total. The van der Waals surface area contributed by atoms with E-state index in [1.807, 2.05) is 12.5 Å². The van der Waals surface area contributed by atoms with Crippen LogP contribution in [0.4, 0.5) is 0 Å². The Morgan fingerprint density at radius 1 is 0.850 bits per heavy atom. The largest absolute Gasteiger partial charge is 0.508 e. The number of nitrogens with zero attached hydrogens (tertiary/aromatic N) is 1. The zero-order valence-electron chi connectivity index (χ0n) is 22.8. The second-order valence-electron chi connectivity index (χ2n) is 9.01. The van der Waals surface area contributed by atoms with Gasteiger partial charge in [-0.3, -0.25) is 19.4 Å². The Kier molecular flexibility index (Phi) is 16.6. The number of thioether (sulfide) groups is 2. The van der Waals surface area contributed by atoms with Crippen molar-refractivity contribution in [2.45, 2.75) is 56.3 Å². The van der Waals surface area contributed by atoms with Gasteiger partial charge in [0.1, 0.15) is 23.9 Å². The molecule has 4 atom stereocenters. The average molecular weight is 600 g/mol. The highest BCUT2D eigenvalue weighted by Gasteiger charge is 2.30. The number of carbonyl (C=O) groups excluding carboxylic acids is 3. The van der Waals surface area contributed by atoms with Gasteiger partial charge in [-0.1, -0.05) is 12.1 Å². The van der Waals surface area contributed by atoms with Crippen molar-refractivity contribution in [2.75, 3.05) is 30.6 Å². The molecule has 0 aromatic heterocycles. The summed E-state index contributed by atoms with van der Waals surface area (Å²) in [6.07, 6.45) is 4.82. The molecule has 0 aliphatic heterocycles. The normalized spacial score (nSPS) is 13.8. The predicted octanol–water partition coefficient (Wildman–Crippen LogP) is -0.639. The monoisotopic (exact) mass is 599 g/mol. The molecule has 15 heteroatoms. The highest BCUT2D eigenvalue weighted by Crippen LogP contribution is 2.12. The van der Waals surface area contributed by atoms with Crippen LogP contribution < -0.4 is 33.2 Å². The van der Waals surface area contributed by atoms with Gasteiger partial charge in [0.15, 0.2) is 5.96 Å². The molecule has 40 heavy (non-hydrogen) atoms. The molecule has 0 heterocycles. The number of nitrogens with two attached hydrogens (primary N) is 3. The molecule has 13 nitrogen and oxygen atoms in total. The average Bonchev–Trinajstić information content (AvgIpc) is 2.91. The van der Waals surface area contributed by atoms with Gasteiger partial charge < -0.3 is 43.4 Å². The number of aliphatic carboxylic acids is 1. The number of aromatic hydroxyl groups is 1. The van der Waals surface area contributed by atoms with Crippen molar-refractivity contribution >= 4 is 53.2 Å². The molecule has 3 amide bonds. The number of benzene rings is 1. The number of aliphatic imine (C=N–C) groups is 1. The van der Waals surface area contributed by atoms with Crippen molar-refractivity contribution in [1.29, 1.82) is 0 Å². The van der Waals surface area contributed by atoms with E-state index in [-0.39, 0.29) is 43.9 Å². The zero-order chi connectivity index (χ0) is 30.1. The van der Waals surface area contributed by atoms with E-state index in [9.17, 15) is 29.4 Å². The van der Waals surface area contributed by atoms with Crippen molar-refractivity contribution in [3.05, 3.63) is 29.8 Å². The minimum Gasteiger partial charge on any atom is -0.508 e. The van der Waals surface area contributed by atoms with E-state index in [1.165, 1.54) is 35.7 Å². The molecule has 0 bridgehead atoms. The van der Waals surface area contributed by atoms with Crippen LogP contribution in [-0.2, 0) is 25.6 Å². The number of phenolic OH excluding ortho intramolecular Hbond substituents is 1. The third-order valence-corrected chi connectivity index (χ3v) is 7.06. The Hall–Kier alpha value is -3.17. The van der Waals surface area contributed by atoms with E-state index in [4.69, 9.17) is 17.2 Å². The molecular formula is C25H41N7O6S2. The van der Waals surface area contributed by atoms with Crippen molar-refractivity contribution < 1.29 is 29.4 Å². The zero-order valence-corrected chi connectivity index (χ0v) is 24.4. The number of nitrogens with one attached hydrogen (secondary N) is 3. The Morgan fingerprint density at radius 2 is 1.35 bits per heavy atom. The van der Waals surface area contributed by atoms with E-state index >= 15 is 0 Å². The summed E-state index contributed by atoms with van der Waals surface area (Å²) in [4.78, 5) is 54.7. The molecule has 1 aromatic rings. The second-order valence-corrected chi connectivity index (χ2v) is 11.0. The standard InChI is InChI=1S/C25H41N7O6S2/c1-39-12-9-19(30-21(34)17(26)14-15-5-7-16(33)8-6-15)23(36)31-18(4-3-11-29-25(27)28)22(35)32-20(24(37)38)10-13-40-2/h5-8,17-20,33H,3-4,9-14,26H2,1-2H3,(H,30,34)(H,31,36)(H,32,35)(H,37,38)(H4,27,28,29). The number of carboxylic acid groups (broad SMARTS) is 1. The summed E-state index contributed by atoms with van der Waals surface area (Å²) in [5.41, 5.74) is 17.5. The maximum absolute atomic E-state index is 13.3. The molecule has 0 fully saturated rings. The van der Waals surface area contributed by atoms with Crippen molar-refractivity contribution in [1.82, 2.24) is 16.0 Å². The van der Waals surface area contributed by atoms with Gasteiger partial charge in [-0.05, 0) is 73.8 Å². The van der Waals surface area contributed by atoms with E-state index in [1.54, 1.807) is 12.1 Å². The number of hydrogen-bond acceptors (Lipinski definition) is 9. The van der Waals surface area contributed by atoms with Crippen LogP contribution >= 0.6 is 23.5 Å². The molecule has 0 aliphatic carbocycles. The first kappa shape index (κ1) is 34.9. The lowest BCUT2D eigenvalue weighted by atomic mass is 10.0. The Morgan fingerprint density at radius 3 is 1.88 bits per heavy atom. The van der Waals surface area contributed by atoms with E-state index in [2.05, 4.69) is 20.9 Å². The summed E-state index contributed by atoms with van der Waals surface area (Å²) in [6.45, 7) is 0.204. The van der Waals surface area contributed by atoms with Gasteiger partial charge in [0.25, 0.3) is 0 Å². The highest BCUT2D eigenvalue weighted by molar-refractivity contribution is 7.98. The van der Waals surface area contributed by atoms with E-state index in [0.717, 1.165) is 5.56 Å². The van der Waals surface area contributed by atoms with Crippen LogP contribution in [0.15, 0.2) is 29.3 Å². The Balaban J connectivity index is 2.99. The first-order chi connectivity index (χ1) is 19.0. The van der Waals surface area contributed by atoms with Crippen LogP contribution in [0, 0.1) is 0 Å². The fourth-order valence-corrected chi connectivity index (χ4v) is 4.51. The molecule has 0 aliphatic rings. The Bertz CT molecular complexity index is 992. The van der Waals surface area contributed by atoms with Gasteiger partial charge >= 0.3 is 5.97 Å². The molecule has 1 rings (SSSR count). The number of guanidine groups is 1. The van der Waals surface area contributed by atoms with Crippen LogP contribution in [0.1, 0.15) is 31.2 Å². The third kappa shape index (κ3) is 13.8. The summed E-state index contributed by atoms with van der Waals surface area (Å²) >= 11 is 2.93. The van der Waals surface area contributed by atoms with Crippen LogP contribution in [0.3, 0.4) is 0 Å². The maximum Gasteiger partial charge on any atom is 0.326 e. The van der Waals surface area contributed by atoms with Gasteiger partial charge in [0, 0.05) is 6.54 Å². The Labute approximate surface area is 242 Å². The first-order valence-corrected chi connectivity index (χ1v) is 15.5. The molecule has 4 unspecified atom stereocenters. The number of amides is 3. The molecule has 1 aromatic carbocycles. The van der Waals surface area contributed by atoms with Crippen LogP contribution in [0.25, 0.3) is 0 Å². The van der Waals surface area contributed by atoms with Crippen molar-refractivity contribution in [2.24, 2.45) is 22.2 Å². The molecule has 224 valence electrons. The third-order valence-electron chi connectivity index (χ3n) is 5.78. The summed E-state index contributed by atoms with van der Waals surface area (Å²) in [5.74, 6) is -1.95. The quantitative estimate of drug-likeness (QED) is 0.0565. The molecular weight excluding hydrogens is 558 g/mol. The smallest absolute Gasteiger partial charge is 0.326 e. The summed E-state index contributed by atoms with van der Waals surface area (Å²) < 4.78 is 0. The van der Waals surface area contributed by atoms with Crippen LogP contribution in [0.2, 0.25) is 0 Å². The summed E-state index contributed by atoms with van der Waals surface area (Å²) in [5, 5.41) is 26.8. The maximum atomic E-state index is 13.3. The highest BCUT2D eigenvalue weighted by atomic mass is 32.2. The fraction of sp³-hybridized carbons (Fsp3) is 0.560. The van der Waals surface area contributed by atoms with Gasteiger partial charge in [-0.25, -0.2) is 4.79 Å².